The molecule has 0 bridgehead atoms. The van der Waals surface area contributed by atoms with E-state index in [2.05, 4.69) is 27.3 Å². The van der Waals surface area contributed by atoms with Crippen LogP contribution in [0.25, 0.3) is 0 Å². The van der Waals surface area contributed by atoms with Crippen molar-refractivity contribution in [1.82, 2.24) is 9.88 Å². The molecule has 2 saturated heterocycles. The highest BCUT2D eigenvalue weighted by Gasteiger charge is 2.35. The molecule has 5 rings (SSSR count). The van der Waals surface area contributed by atoms with E-state index in [1.54, 1.807) is 4.90 Å². The summed E-state index contributed by atoms with van der Waals surface area (Å²) < 4.78 is 0. The first kappa shape index (κ1) is 18.8. The number of carbonyl (C=O) groups excluding carboxylic acids is 2. The van der Waals surface area contributed by atoms with Crippen LogP contribution in [-0.2, 0) is 29.0 Å². The molecule has 1 N–H and O–H groups in total. The number of likely N-dealkylation sites (tertiary alicyclic amines) is 1. The van der Waals surface area contributed by atoms with Gasteiger partial charge in [0.2, 0.25) is 11.8 Å². The van der Waals surface area contributed by atoms with E-state index in [-0.39, 0.29) is 24.2 Å². The highest BCUT2D eigenvalue weighted by molar-refractivity contribution is 7.13. The predicted molar refractivity (Wildman–Crippen MR) is 114 cm³/mol. The number of fused-ring (bicyclic) bond motifs is 1. The van der Waals surface area contributed by atoms with Crippen molar-refractivity contribution in [3.8, 4) is 0 Å². The maximum atomic E-state index is 12.7. The highest BCUT2D eigenvalue weighted by Crippen LogP contribution is 2.31. The van der Waals surface area contributed by atoms with Gasteiger partial charge < -0.3 is 10.2 Å². The fourth-order valence-electron chi connectivity index (χ4n) is 4.67. The summed E-state index contributed by atoms with van der Waals surface area (Å²) in [5, 5.41) is 5.58. The van der Waals surface area contributed by atoms with Gasteiger partial charge in [-0.1, -0.05) is 6.07 Å². The third kappa shape index (κ3) is 3.94. The van der Waals surface area contributed by atoms with E-state index in [1.165, 1.54) is 41.7 Å². The lowest BCUT2D eigenvalue weighted by Gasteiger charge is -2.17. The van der Waals surface area contributed by atoms with Gasteiger partial charge in [0.25, 0.3) is 0 Å². The number of benzene rings is 1. The Hall–Kier alpha value is -2.25. The Kier molecular flexibility index (Phi) is 5.09. The van der Waals surface area contributed by atoms with Crippen molar-refractivity contribution in [2.75, 3.05) is 29.9 Å². The van der Waals surface area contributed by atoms with Gasteiger partial charge in [-0.25, -0.2) is 4.98 Å². The summed E-state index contributed by atoms with van der Waals surface area (Å²) in [5.74, 6) is -0.414. The second-order valence-electron chi connectivity index (χ2n) is 8.33. The number of anilines is 2. The number of nitrogens with zero attached hydrogens (tertiary/aromatic N) is 3. The van der Waals surface area contributed by atoms with Gasteiger partial charge in [0, 0.05) is 30.6 Å². The van der Waals surface area contributed by atoms with Crippen LogP contribution < -0.4 is 10.2 Å². The molecule has 0 radical (unpaired) electrons. The number of hydrogen-bond donors (Lipinski definition) is 1. The van der Waals surface area contributed by atoms with Gasteiger partial charge in [-0.3, -0.25) is 14.5 Å². The van der Waals surface area contributed by atoms with Gasteiger partial charge in [0.05, 0.1) is 11.6 Å². The maximum absolute atomic E-state index is 12.7. The molecule has 3 aliphatic rings. The van der Waals surface area contributed by atoms with E-state index in [1.807, 2.05) is 11.4 Å². The lowest BCUT2D eigenvalue weighted by atomic mass is 10.1. The van der Waals surface area contributed by atoms with E-state index in [0.29, 0.717) is 11.7 Å². The Labute approximate surface area is 174 Å². The first-order chi connectivity index (χ1) is 14.2. The van der Waals surface area contributed by atoms with E-state index in [4.69, 9.17) is 0 Å². The van der Waals surface area contributed by atoms with Gasteiger partial charge in [0.15, 0.2) is 5.13 Å². The molecule has 2 amide bonds. The zero-order valence-electron chi connectivity index (χ0n) is 16.5. The summed E-state index contributed by atoms with van der Waals surface area (Å²) in [6, 6.07) is 6.29. The van der Waals surface area contributed by atoms with Crippen LogP contribution >= 0.6 is 11.3 Å². The third-order valence-electron chi connectivity index (χ3n) is 6.26. The van der Waals surface area contributed by atoms with Crippen LogP contribution in [0.1, 0.15) is 42.5 Å². The molecule has 2 aliphatic heterocycles. The second-order valence-corrected chi connectivity index (χ2v) is 9.19. The van der Waals surface area contributed by atoms with Crippen LogP contribution in [0.2, 0.25) is 0 Å². The first-order valence-corrected chi connectivity index (χ1v) is 11.4. The lowest BCUT2D eigenvalue weighted by molar-refractivity contribution is -0.122. The summed E-state index contributed by atoms with van der Waals surface area (Å²) >= 11 is 1.46. The van der Waals surface area contributed by atoms with Gasteiger partial charge in [-0.2, -0.15) is 0 Å². The summed E-state index contributed by atoms with van der Waals surface area (Å²) in [4.78, 5) is 34.0. The minimum Gasteiger partial charge on any atom is -0.312 e. The molecule has 29 heavy (non-hydrogen) atoms. The molecule has 1 atom stereocenters. The van der Waals surface area contributed by atoms with E-state index < -0.39 is 0 Å². The SMILES string of the molecule is O=C(Nc1nc(CN2CCCC2)cs1)[C@H]1CC(=O)N(c2ccc3c(c2)CCC3)C1. The molecule has 7 heteroatoms. The molecule has 1 aromatic heterocycles. The Balaban J connectivity index is 1.21. The fourth-order valence-corrected chi connectivity index (χ4v) is 5.38. The minimum atomic E-state index is -0.332. The van der Waals surface area contributed by atoms with Gasteiger partial charge in [0.1, 0.15) is 0 Å². The molecule has 0 saturated carbocycles. The number of aromatic nitrogens is 1. The molecule has 1 aromatic carbocycles. The van der Waals surface area contributed by atoms with Crippen LogP contribution in [0, 0.1) is 5.92 Å². The number of thiazole rings is 1. The minimum absolute atomic E-state index is 0.0250. The number of rotatable bonds is 5. The van der Waals surface area contributed by atoms with Crippen molar-refractivity contribution >= 4 is 34.0 Å². The molecule has 6 nitrogen and oxygen atoms in total. The molecule has 2 aromatic rings. The summed E-state index contributed by atoms with van der Waals surface area (Å²) in [6.07, 6.45) is 6.16. The Morgan fingerprint density at radius 3 is 2.86 bits per heavy atom. The van der Waals surface area contributed by atoms with Crippen molar-refractivity contribution in [2.45, 2.75) is 45.1 Å². The standard InChI is InChI=1S/C22H26N4O2S/c27-20-11-17(12-26(20)19-7-6-15-4-3-5-16(15)10-19)21(28)24-22-23-18(14-29-22)13-25-8-1-2-9-25/h6-7,10,14,17H,1-5,8-9,11-13H2,(H,23,24,28)/t17-/m0/s1. The number of nitrogens with one attached hydrogen (secondary N) is 1. The zero-order valence-corrected chi connectivity index (χ0v) is 17.3. The Bertz CT molecular complexity index is 935. The molecule has 0 unspecified atom stereocenters. The van der Waals surface area contributed by atoms with Crippen molar-refractivity contribution in [1.29, 1.82) is 0 Å². The van der Waals surface area contributed by atoms with Crippen LogP contribution in [-0.4, -0.2) is 41.3 Å². The van der Waals surface area contributed by atoms with Crippen molar-refractivity contribution < 1.29 is 9.59 Å². The number of amides is 2. The molecule has 0 spiro atoms. The van der Waals surface area contributed by atoms with Gasteiger partial charge in [-0.05, 0) is 68.5 Å². The van der Waals surface area contributed by atoms with Crippen LogP contribution in [0.3, 0.4) is 0 Å². The normalized spacial score (nSPS) is 21.7. The third-order valence-corrected chi connectivity index (χ3v) is 7.06. The summed E-state index contributed by atoms with van der Waals surface area (Å²) in [5.41, 5.74) is 4.67. The molecule has 3 heterocycles. The zero-order chi connectivity index (χ0) is 19.8. The Morgan fingerprint density at radius 1 is 1.17 bits per heavy atom. The smallest absolute Gasteiger partial charge is 0.231 e. The average Bonchev–Trinajstić information content (AvgIpc) is 3.49. The molecule has 2 fully saturated rings. The van der Waals surface area contributed by atoms with Crippen molar-refractivity contribution in [2.24, 2.45) is 5.92 Å². The van der Waals surface area contributed by atoms with Gasteiger partial charge in [-0.15, -0.1) is 11.3 Å². The molecular formula is C22H26N4O2S. The first-order valence-electron chi connectivity index (χ1n) is 10.6. The predicted octanol–water partition coefficient (Wildman–Crippen LogP) is 3.22. The second kappa shape index (κ2) is 7.88. The van der Waals surface area contributed by atoms with E-state index in [9.17, 15) is 9.59 Å². The fraction of sp³-hybridized carbons (Fsp3) is 0.500. The summed E-state index contributed by atoms with van der Waals surface area (Å²) in [6.45, 7) is 3.54. The number of carbonyl (C=O) groups is 2. The van der Waals surface area contributed by atoms with Crippen molar-refractivity contribution in [3.05, 3.63) is 40.4 Å². The van der Waals surface area contributed by atoms with Crippen LogP contribution in [0.4, 0.5) is 10.8 Å². The molecular weight excluding hydrogens is 384 g/mol. The van der Waals surface area contributed by atoms with Gasteiger partial charge >= 0.3 is 0 Å². The highest BCUT2D eigenvalue weighted by atomic mass is 32.1. The summed E-state index contributed by atoms with van der Waals surface area (Å²) in [7, 11) is 0. The largest absolute Gasteiger partial charge is 0.312 e. The van der Waals surface area contributed by atoms with E-state index >= 15 is 0 Å². The number of aryl methyl sites for hydroxylation is 2. The maximum Gasteiger partial charge on any atom is 0.231 e. The van der Waals surface area contributed by atoms with Crippen LogP contribution in [0.5, 0.6) is 0 Å². The topological polar surface area (TPSA) is 65.5 Å². The quantitative estimate of drug-likeness (QED) is 0.822. The number of hydrogen-bond acceptors (Lipinski definition) is 5. The Morgan fingerprint density at radius 2 is 2.00 bits per heavy atom. The van der Waals surface area contributed by atoms with Crippen molar-refractivity contribution in [3.63, 3.8) is 0 Å². The molecule has 1 aliphatic carbocycles. The van der Waals surface area contributed by atoms with E-state index in [0.717, 1.165) is 43.9 Å². The van der Waals surface area contributed by atoms with Crippen LogP contribution in [0.15, 0.2) is 23.6 Å². The average molecular weight is 411 g/mol. The lowest BCUT2D eigenvalue weighted by Crippen LogP contribution is -2.28. The molecule has 152 valence electrons. The monoisotopic (exact) mass is 410 g/mol.